The second kappa shape index (κ2) is 9.57. The fraction of sp³-hybridized carbons (Fsp3) is 0.333. The van der Waals surface area contributed by atoms with Crippen molar-refractivity contribution in [1.29, 1.82) is 0 Å². The Labute approximate surface area is 175 Å². The minimum absolute atomic E-state index is 0.204. The summed E-state index contributed by atoms with van der Waals surface area (Å²) in [6, 6.07) is 18.5. The molecule has 1 fully saturated rings. The van der Waals surface area contributed by atoms with Gasteiger partial charge in [0.2, 0.25) is 5.91 Å². The Morgan fingerprint density at radius 2 is 1.93 bits per heavy atom. The Balaban J connectivity index is 1.24. The Bertz CT molecular complexity index is 973. The zero-order valence-electron chi connectivity index (χ0n) is 16.9. The fourth-order valence-corrected chi connectivity index (χ4v) is 3.83. The molecule has 5 nitrogen and oxygen atoms in total. The van der Waals surface area contributed by atoms with E-state index in [0.29, 0.717) is 26.0 Å². The normalized spacial score (nSPS) is 16.0. The minimum Gasteiger partial charge on any atom is -0.490 e. The van der Waals surface area contributed by atoms with Crippen LogP contribution < -0.4 is 4.74 Å². The Hall–Kier alpha value is -3.15. The number of aromatic nitrogens is 2. The number of aromatic amines is 1. The molecule has 1 N–H and O–H groups in total. The summed E-state index contributed by atoms with van der Waals surface area (Å²) in [7, 11) is 0. The summed E-state index contributed by atoms with van der Waals surface area (Å²) in [6.45, 7) is 1.86. The van der Waals surface area contributed by atoms with Gasteiger partial charge in [0.1, 0.15) is 0 Å². The van der Waals surface area contributed by atoms with E-state index in [9.17, 15) is 9.18 Å². The molecule has 3 aromatic rings. The van der Waals surface area contributed by atoms with Crippen LogP contribution >= 0.6 is 0 Å². The van der Waals surface area contributed by atoms with Crippen molar-refractivity contribution in [3.8, 4) is 5.75 Å². The van der Waals surface area contributed by atoms with Crippen LogP contribution in [0.5, 0.6) is 5.75 Å². The summed E-state index contributed by atoms with van der Waals surface area (Å²) in [5.41, 5.74) is 3.13. The Kier molecular flexibility index (Phi) is 6.42. The van der Waals surface area contributed by atoms with E-state index >= 15 is 0 Å². The maximum atomic E-state index is 13.6. The molecule has 0 spiro atoms. The number of nitrogens with one attached hydrogen (secondary N) is 1. The molecule has 156 valence electrons. The number of carbonyl (C=O) groups is 1. The zero-order valence-corrected chi connectivity index (χ0v) is 16.9. The van der Waals surface area contributed by atoms with Gasteiger partial charge in [0.05, 0.1) is 12.3 Å². The van der Waals surface area contributed by atoms with E-state index in [2.05, 4.69) is 22.3 Å². The highest BCUT2D eigenvalue weighted by Crippen LogP contribution is 2.27. The third-order valence-electron chi connectivity index (χ3n) is 5.55. The van der Waals surface area contributed by atoms with Crippen LogP contribution in [-0.2, 0) is 17.6 Å². The van der Waals surface area contributed by atoms with Crippen molar-refractivity contribution in [1.82, 2.24) is 15.1 Å². The van der Waals surface area contributed by atoms with Gasteiger partial charge in [0.15, 0.2) is 11.6 Å². The number of nitrogens with zero attached hydrogens (tertiary/aromatic N) is 2. The highest BCUT2D eigenvalue weighted by Gasteiger charge is 2.28. The van der Waals surface area contributed by atoms with Gasteiger partial charge in [0.25, 0.3) is 0 Å². The van der Waals surface area contributed by atoms with Crippen molar-refractivity contribution >= 4 is 5.91 Å². The number of likely N-dealkylation sites (tertiary alicyclic amines) is 1. The SMILES string of the molecule is O=C(CCc1ccccc1)N1CCC(c2cc(CCOc3ccccc3F)[nH]n2)C1. The van der Waals surface area contributed by atoms with Crippen LogP contribution in [0.15, 0.2) is 60.7 Å². The monoisotopic (exact) mass is 407 g/mol. The van der Waals surface area contributed by atoms with Crippen molar-refractivity contribution in [2.24, 2.45) is 0 Å². The number of amides is 1. The molecule has 30 heavy (non-hydrogen) atoms. The number of aryl methyl sites for hydroxylation is 1. The van der Waals surface area contributed by atoms with E-state index in [0.717, 1.165) is 30.8 Å². The molecule has 0 aliphatic carbocycles. The number of benzene rings is 2. The van der Waals surface area contributed by atoms with E-state index in [-0.39, 0.29) is 23.4 Å². The molecule has 6 heteroatoms. The minimum atomic E-state index is -0.356. The van der Waals surface area contributed by atoms with Crippen LogP contribution in [0.1, 0.15) is 35.7 Å². The van der Waals surface area contributed by atoms with Crippen molar-refractivity contribution in [3.63, 3.8) is 0 Å². The molecule has 1 atom stereocenters. The molecule has 1 aliphatic rings. The lowest BCUT2D eigenvalue weighted by molar-refractivity contribution is -0.130. The molecule has 1 saturated heterocycles. The highest BCUT2D eigenvalue weighted by atomic mass is 19.1. The summed E-state index contributed by atoms with van der Waals surface area (Å²) in [4.78, 5) is 14.5. The lowest BCUT2D eigenvalue weighted by Crippen LogP contribution is -2.28. The maximum absolute atomic E-state index is 13.6. The van der Waals surface area contributed by atoms with Gasteiger partial charge >= 0.3 is 0 Å². The number of H-pyrrole nitrogens is 1. The molecule has 2 heterocycles. The van der Waals surface area contributed by atoms with Gasteiger partial charge in [-0.3, -0.25) is 9.89 Å². The smallest absolute Gasteiger partial charge is 0.222 e. The summed E-state index contributed by atoms with van der Waals surface area (Å²) >= 11 is 0. The number of ether oxygens (including phenoxy) is 1. The van der Waals surface area contributed by atoms with Crippen LogP contribution in [0.25, 0.3) is 0 Å². The van der Waals surface area contributed by atoms with Crippen molar-refractivity contribution in [2.75, 3.05) is 19.7 Å². The molecule has 1 unspecified atom stereocenters. The van der Waals surface area contributed by atoms with E-state index in [1.54, 1.807) is 18.2 Å². The van der Waals surface area contributed by atoms with Gasteiger partial charge in [-0.2, -0.15) is 5.10 Å². The molecule has 1 amide bonds. The molecule has 0 radical (unpaired) electrons. The lowest BCUT2D eigenvalue weighted by atomic mass is 10.0. The van der Waals surface area contributed by atoms with E-state index in [1.165, 1.54) is 11.6 Å². The van der Waals surface area contributed by atoms with Gasteiger partial charge in [-0.05, 0) is 36.6 Å². The van der Waals surface area contributed by atoms with Crippen LogP contribution in [0.3, 0.4) is 0 Å². The first-order chi connectivity index (χ1) is 14.7. The topological polar surface area (TPSA) is 58.2 Å². The number of hydrogen-bond acceptors (Lipinski definition) is 3. The first kappa shape index (κ1) is 20.1. The first-order valence-corrected chi connectivity index (χ1v) is 10.4. The second-order valence-electron chi connectivity index (χ2n) is 7.66. The van der Waals surface area contributed by atoms with Gasteiger partial charge < -0.3 is 9.64 Å². The van der Waals surface area contributed by atoms with Crippen molar-refractivity contribution in [2.45, 2.75) is 31.6 Å². The lowest BCUT2D eigenvalue weighted by Gasteiger charge is -2.16. The molecule has 4 rings (SSSR count). The maximum Gasteiger partial charge on any atom is 0.222 e. The van der Waals surface area contributed by atoms with Crippen LogP contribution in [0.2, 0.25) is 0 Å². The van der Waals surface area contributed by atoms with Gasteiger partial charge in [0, 0.05) is 37.5 Å². The predicted octanol–water partition coefficient (Wildman–Crippen LogP) is 4.12. The summed E-state index contributed by atoms with van der Waals surface area (Å²) in [5, 5.41) is 7.48. The van der Waals surface area contributed by atoms with Crippen molar-refractivity contribution in [3.05, 3.63) is 83.4 Å². The predicted molar refractivity (Wildman–Crippen MR) is 113 cm³/mol. The average Bonchev–Trinajstić information content (AvgIpc) is 3.44. The average molecular weight is 407 g/mol. The molecule has 2 aromatic carbocycles. The number of hydrogen-bond donors (Lipinski definition) is 1. The highest BCUT2D eigenvalue weighted by molar-refractivity contribution is 5.76. The van der Waals surface area contributed by atoms with E-state index in [1.807, 2.05) is 29.2 Å². The van der Waals surface area contributed by atoms with Gasteiger partial charge in [-0.15, -0.1) is 0 Å². The third kappa shape index (κ3) is 5.06. The molecular weight excluding hydrogens is 381 g/mol. The number of rotatable bonds is 8. The molecule has 1 aromatic heterocycles. The Morgan fingerprint density at radius 3 is 2.77 bits per heavy atom. The van der Waals surface area contributed by atoms with E-state index < -0.39 is 0 Å². The summed E-state index contributed by atoms with van der Waals surface area (Å²) in [5.74, 6) is 0.363. The number of halogens is 1. The molecule has 1 aliphatic heterocycles. The first-order valence-electron chi connectivity index (χ1n) is 10.4. The standard InChI is InChI=1S/C24H26FN3O2/c25-21-8-4-5-9-23(21)30-15-13-20-16-22(27-26-20)19-12-14-28(17-19)24(29)11-10-18-6-2-1-3-7-18/h1-9,16,19H,10-15,17H2,(H,26,27). The number of para-hydroxylation sites is 1. The molecular formula is C24H26FN3O2. The zero-order chi connectivity index (χ0) is 20.8. The number of carbonyl (C=O) groups excluding carboxylic acids is 1. The Morgan fingerprint density at radius 1 is 1.13 bits per heavy atom. The van der Waals surface area contributed by atoms with Crippen LogP contribution in [0, 0.1) is 5.82 Å². The second-order valence-corrected chi connectivity index (χ2v) is 7.66. The summed E-state index contributed by atoms with van der Waals surface area (Å²) < 4.78 is 19.1. The van der Waals surface area contributed by atoms with Crippen molar-refractivity contribution < 1.29 is 13.9 Å². The van der Waals surface area contributed by atoms with Crippen LogP contribution in [-0.4, -0.2) is 40.7 Å². The fourth-order valence-electron chi connectivity index (χ4n) is 3.83. The van der Waals surface area contributed by atoms with Crippen LogP contribution in [0.4, 0.5) is 4.39 Å². The van der Waals surface area contributed by atoms with Gasteiger partial charge in [-0.1, -0.05) is 42.5 Å². The summed E-state index contributed by atoms with van der Waals surface area (Å²) in [6.07, 6.45) is 2.85. The van der Waals surface area contributed by atoms with E-state index in [4.69, 9.17) is 4.74 Å². The molecule has 0 bridgehead atoms. The largest absolute Gasteiger partial charge is 0.490 e. The van der Waals surface area contributed by atoms with Gasteiger partial charge in [-0.25, -0.2) is 4.39 Å². The molecule has 0 saturated carbocycles. The third-order valence-corrected chi connectivity index (χ3v) is 5.55. The quantitative estimate of drug-likeness (QED) is 0.611.